The molecule has 1 fully saturated rings. The van der Waals surface area contributed by atoms with E-state index in [-0.39, 0.29) is 0 Å². The molecule has 0 unspecified atom stereocenters. The number of thiophene rings is 1. The number of rotatable bonds is 3. The van der Waals surface area contributed by atoms with Gasteiger partial charge in [-0.1, -0.05) is 0 Å². The van der Waals surface area contributed by atoms with Gasteiger partial charge in [0.05, 0.1) is 16.5 Å². The van der Waals surface area contributed by atoms with Gasteiger partial charge in [-0.25, -0.2) is 0 Å². The van der Waals surface area contributed by atoms with Crippen molar-refractivity contribution in [3.63, 3.8) is 0 Å². The molecular formula is C11H16BrNOS. The van der Waals surface area contributed by atoms with E-state index in [9.17, 15) is 0 Å². The molecule has 0 amide bonds. The highest BCUT2D eigenvalue weighted by molar-refractivity contribution is 9.11. The van der Waals surface area contributed by atoms with E-state index in [0.29, 0.717) is 12.1 Å². The van der Waals surface area contributed by atoms with Gasteiger partial charge in [-0.2, -0.15) is 0 Å². The standard InChI is InChI=1S/C11H16BrNOS/c12-11-6-5-10(15-11)7-14-9-3-1-8(13)2-4-9/h5-6,8-9H,1-4,7,13H2. The van der Waals surface area contributed by atoms with Crippen molar-refractivity contribution in [3.05, 3.63) is 20.8 Å². The molecular weight excluding hydrogens is 274 g/mol. The number of hydrogen-bond acceptors (Lipinski definition) is 3. The summed E-state index contributed by atoms with van der Waals surface area (Å²) in [4.78, 5) is 1.29. The van der Waals surface area contributed by atoms with Crippen molar-refractivity contribution in [2.45, 2.75) is 44.4 Å². The van der Waals surface area contributed by atoms with E-state index in [2.05, 4.69) is 28.1 Å². The van der Waals surface area contributed by atoms with E-state index in [4.69, 9.17) is 10.5 Å². The summed E-state index contributed by atoms with van der Waals surface area (Å²) < 4.78 is 7.04. The summed E-state index contributed by atoms with van der Waals surface area (Å²) in [5.41, 5.74) is 5.85. The van der Waals surface area contributed by atoms with Crippen molar-refractivity contribution >= 4 is 27.3 Å². The highest BCUT2D eigenvalue weighted by atomic mass is 79.9. The van der Waals surface area contributed by atoms with E-state index in [1.807, 2.05) is 0 Å². The van der Waals surface area contributed by atoms with Crippen LogP contribution in [0.25, 0.3) is 0 Å². The molecule has 2 rings (SSSR count). The molecule has 1 heterocycles. The fourth-order valence-electron chi connectivity index (χ4n) is 1.88. The summed E-state index contributed by atoms with van der Waals surface area (Å²) in [6.45, 7) is 0.746. The van der Waals surface area contributed by atoms with Crippen LogP contribution in [0.15, 0.2) is 15.9 Å². The smallest absolute Gasteiger partial charge is 0.0813 e. The number of nitrogens with two attached hydrogens (primary N) is 1. The van der Waals surface area contributed by atoms with Gasteiger partial charge in [-0.05, 0) is 53.7 Å². The fourth-order valence-corrected chi connectivity index (χ4v) is 3.29. The van der Waals surface area contributed by atoms with Gasteiger partial charge in [0.15, 0.2) is 0 Å². The molecule has 0 aromatic carbocycles. The van der Waals surface area contributed by atoms with Gasteiger partial charge >= 0.3 is 0 Å². The summed E-state index contributed by atoms with van der Waals surface area (Å²) in [6.07, 6.45) is 4.88. The Kier molecular flexibility index (Phi) is 4.20. The summed E-state index contributed by atoms with van der Waals surface area (Å²) in [7, 11) is 0. The molecule has 0 saturated heterocycles. The van der Waals surface area contributed by atoms with Crippen LogP contribution in [0.1, 0.15) is 30.6 Å². The Bertz CT molecular complexity index is 307. The normalized spacial score (nSPS) is 26.8. The third kappa shape index (κ3) is 3.55. The zero-order valence-corrected chi connectivity index (χ0v) is 11.0. The van der Waals surface area contributed by atoms with Crippen LogP contribution in [-0.2, 0) is 11.3 Å². The fraction of sp³-hybridized carbons (Fsp3) is 0.636. The Morgan fingerprint density at radius 2 is 2.07 bits per heavy atom. The second-order valence-electron chi connectivity index (χ2n) is 4.05. The van der Waals surface area contributed by atoms with Gasteiger partial charge < -0.3 is 10.5 Å². The van der Waals surface area contributed by atoms with Crippen molar-refractivity contribution < 1.29 is 4.74 Å². The molecule has 2 nitrogen and oxygen atoms in total. The molecule has 84 valence electrons. The van der Waals surface area contributed by atoms with E-state index < -0.39 is 0 Å². The van der Waals surface area contributed by atoms with Gasteiger partial charge in [-0.3, -0.25) is 0 Å². The minimum absolute atomic E-state index is 0.403. The van der Waals surface area contributed by atoms with Gasteiger partial charge in [0, 0.05) is 10.9 Å². The quantitative estimate of drug-likeness (QED) is 0.927. The summed E-state index contributed by atoms with van der Waals surface area (Å²) in [5, 5.41) is 0. The van der Waals surface area contributed by atoms with Crippen LogP contribution in [0.3, 0.4) is 0 Å². The van der Waals surface area contributed by atoms with Crippen molar-refractivity contribution in [1.29, 1.82) is 0 Å². The maximum absolute atomic E-state index is 5.86. The molecule has 1 aliphatic rings. The first-order valence-electron chi connectivity index (χ1n) is 5.35. The first kappa shape index (κ1) is 11.6. The number of halogens is 1. The van der Waals surface area contributed by atoms with Gasteiger partial charge in [0.25, 0.3) is 0 Å². The van der Waals surface area contributed by atoms with Crippen LogP contribution in [0.5, 0.6) is 0 Å². The lowest BCUT2D eigenvalue weighted by Crippen LogP contribution is -2.30. The molecule has 0 atom stereocenters. The van der Waals surface area contributed by atoms with E-state index in [1.54, 1.807) is 11.3 Å². The van der Waals surface area contributed by atoms with E-state index in [0.717, 1.165) is 32.3 Å². The third-order valence-corrected chi connectivity index (χ3v) is 4.41. The molecule has 0 radical (unpaired) electrons. The van der Waals surface area contributed by atoms with Gasteiger partial charge in [0.1, 0.15) is 0 Å². The Morgan fingerprint density at radius 1 is 1.33 bits per heavy atom. The predicted molar refractivity (Wildman–Crippen MR) is 67.0 cm³/mol. The Labute approximate surface area is 103 Å². The summed E-state index contributed by atoms with van der Waals surface area (Å²) in [5.74, 6) is 0. The molecule has 0 aliphatic heterocycles. The maximum atomic E-state index is 5.86. The highest BCUT2D eigenvalue weighted by Crippen LogP contribution is 2.25. The topological polar surface area (TPSA) is 35.2 Å². The Balaban J connectivity index is 1.74. The number of hydrogen-bond donors (Lipinski definition) is 1. The highest BCUT2D eigenvalue weighted by Gasteiger charge is 2.18. The second kappa shape index (κ2) is 5.43. The lowest BCUT2D eigenvalue weighted by Gasteiger charge is -2.25. The van der Waals surface area contributed by atoms with Crippen LogP contribution in [0, 0.1) is 0 Å². The van der Waals surface area contributed by atoms with E-state index >= 15 is 0 Å². The van der Waals surface area contributed by atoms with Gasteiger partial charge in [-0.15, -0.1) is 11.3 Å². The lowest BCUT2D eigenvalue weighted by atomic mass is 9.94. The van der Waals surface area contributed by atoms with Crippen molar-refractivity contribution in [2.75, 3.05) is 0 Å². The predicted octanol–water partition coefficient (Wildman–Crippen LogP) is 3.30. The molecule has 4 heteroatoms. The number of ether oxygens (including phenoxy) is 1. The average molecular weight is 290 g/mol. The van der Waals surface area contributed by atoms with Crippen molar-refractivity contribution in [3.8, 4) is 0 Å². The van der Waals surface area contributed by atoms with Crippen LogP contribution in [0.4, 0.5) is 0 Å². The van der Waals surface area contributed by atoms with Gasteiger partial charge in [0.2, 0.25) is 0 Å². The van der Waals surface area contributed by atoms with Crippen LogP contribution in [-0.4, -0.2) is 12.1 Å². The van der Waals surface area contributed by atoms with E-state index in [1.165, 1.54) is 8.66 Å². The molecule has 0 bridgehead atoms. The molecule has 2 N–H and O–H groups in total. The molecule has 1 aromatic rings. The van der Waals surface area contributed by atoms with Crippen molar-refractivity contribution in [1.82, 2.24) is 0 Å². The summed E-state index contributed by atoms with van der Waals surface area (Å²) >= 11 is 5.20. The Hall–Kier alpha value is 0.1000. The average Bonchev–Trinajstić information content (AvgIpc) is 2.64. The van der Waals surface area contributed by atoms with Crippen LogP contribution in [0.2, 0.25) is 0 Å². The third-order valence-electron chi connectivity index (χ3n) is 2.81. The SMILES string of the molecule is NC1CCC(OCc2ccc(Br)s2)CC1. The molecule has 0 spiro atoms. The zero-order chi connectivity index (χ0) is 10.7. The largest absolute Gasteiger partial charge is 0.373 e. The molecule has 15 heavy (non-hydrogen) atoms. The maximum Gasteiger partial charge on any atom is 0.0813 e. The van der Waals surface area contributed by atoms with Crippen molar-refractivity contribution in [2.24, 2.45) is 5.73 Å². The van der Waals surface area contributed by atoms with Crippen LogP contribution < -0.4 is 5.73 Å². The monoisotopic (exact) mass is 289 g/mol. The lowest BCUT2D eigenvalue weighted by molar-refractivity contribution is 0.0151. The Morgan fingerprint density at radius 3 is 2.67 bits per heavy atom. The second-order valence-corrected chi connectivity index (χ2v) is 6.60. The van der Waals surface area contributed by atoms with Crippen LogP contribution >= 0.6 is 27.3 Å². The molecule has 1 aromatic heterocycles. The summed E-state index contributed by atoms with van der Waals surface area (Å²) in [6, 6.07) is 4.59. The minimum Gasteiger partial charge on any atom is -0.373 e. The molecule has 1 aliphatic carbocycles. The first-order valence-corrected chi connectivity index (χ1v) is 6.96. The molecule has 1 saturated carbocycles. The minimum atomic E-state index is 0.403. The first-order chi connectivity index (χ1) is 7.24. The zero-order valence-electron chi connectivity index (χ0n) is 8.62.